The number of rotatable bonds is 4. The van der Waals surface area contributed by atoms with Gasteiger partial charge in [-0.1, -0.05) is 0 Å². The number of halogens is 2. The zero-order valence-electron chi connectivity index (χ0n) is 11.6. The van der Waals surface area contributed by atoms with Gasteiger partial charge in [-0.25, -0.2) is 8.78 Å². The second kappa shape index (κ2) is 6.35. The molecule has 1 fully saturated rings. The van der Waals surface area contributed by atoms with Gasteiger partial charge in [0.2, 0.25) is 0 Å². The Morgan fingerprint density at radius 1 is 1.45 bits per heavy atom. The number of nitrogens with zero attached hydrogens (tertiary/aromatic N) is 2. The second-order valence-electron chi connectivity index (χ2n) is 5.42. The molecular formula is C14H21F2N3O. The third-order valence-corrected chi connectivity index (χ3v) is 3.99. The molecule has 1 saturated carbocycles. The second-order valence-corrected chi connectivity index (χ2v) is 5.42. The number of amides is 1. The smallest absolute Gasteiger partial charge is 0.270 e. The Balaban J connectivity index is 2.05. The van der Waals surface area contributed by atoms with Crippen molar-refractivity contribution in [2.24, 2.45) is 5.73 Å². The Morgan fingerprint density at radius 2 is 2.10 bits per heavy atom. The van der Waals surface area contributed by atoms with Crippen molar-refractivity contribution in [3.8, 4) is 0 Å². The van der Waals surface area contributed by atoms with Crippen LogP contribution in [-0.4, -0.2) is 40.9 Å². The molecule has 1 heterocycles. The topological polar surface area (TPSA) is 51.3 Å². The van der Waals surface area contributed by atoms with Crippen molar-refractivity contribution in [2.45, 2.75) is 50.7 Å². The van der Waals surface area contributed by atoms with E-state index in [1.54, 1.807) is 24.1 Å². The largest absolute Gasteiger partial charge is 0.338 e. The minimum atomic E-state index is -2.47. The molecule has 0 aliphatic heterocycles. The molecule has 1 aliphatic rings. The van der Waals surface area contributed by atoms with Crippen molar-refractivity contribution in [1.82, 2.24) is 9.47 Å². The molecular weight excluding hydrogens is 264 g/mol. The fourth-order valence-corrected chi connectivity index (χ4v) is 2.75. The van der Waals surface area contributed by atoms with Crippen LogP contribution in [0.25, 0.3) is 0 Å². The maximum absolute atomic E-state index is 12.5. The number of carbonyl (C=O) groups is 1. The van der Waals surface area contributed by atoms with Gasteiger partial charge in [-0.2, -0.15) is 0 Å². The van der Waals surface area contributed by atoms with Crippen LogP contribution in [0.15, 0.2) is 18.3 Å². The van der Waals surface area contributed by atoms with Crippen LogP contribution < -0.4 is 5.73 Å². The highest BCUT2D eigenvalue weighted by atomic mass is 19.3. The Hall–Kier alpha value is -1.43. The molecule has 0 saturated heterocycles. The molecule has 6 heteroatoms. The Bertz CT molecular complexity index is 453. The van der Waals surface area contributed by atoms with E-state index in [9.17, 15) is 13.6 Å². The molecule has 1 aromatic heterocycles. The van der Waals surface area contributed by atoms with E-state index in [0.29, 0.717) is 5.69 Å². The van der Waals surface area contributed by atoms with Gasteiger partial charge in [0.15, 0.2) is 0 Å². The molecule has 2 N–H and O–H groups in total. The van der Waals surface area contributed by atoms with E-state index in [1.165, 1.54) is 10.8 Å². The van der Waals surface area contributed by atoms with Gasteiger partial charge >= 0.3 is 0 Å². The molecule has 20 heavy (non-hydrogen) atoms. The first kappa shape index (κ1) is 15.0. The number of hydrogen-bond donors (Lipinski definition) is 1. The van der Waals surface area contributed by atoms with Crippen molar-refractivity contribution in [2.75, 3.05) is 7.05 Å². The van der Waals surface area contributed by atoms with E-state index in [0.717, 1.165) is 25.7 Å². The molecule has 1 amide bonds. The van der Waals surface area contributed by atoms with Crippen LogP contribution >= 0.6 is 0 Å². The normalized spacial score (nSPS) is 23.1. The number of aromatic nitrogens is 1. The number of hydrogen-bond acceptors (Lipinski definition) is 2. The molecule has 0 unspecified atom stereocenters. The Labute approximate surface area is 117 Å². The quantitative estimate of drug-likeness (QED) is 0.921. The third-order valence-electron chi connectivity index (χ3n) is 3.99. The minimum absolute atomic E-state index is 0.150. The lowest BCUT2D eigenvalue weighted by molar-refractivity contribution is 0.0670. The maximum atomic E-state index is 12.5. The van der Waals surface area contributed by atoms with E-state index in [2.05, 4.69) is 0 Å². The summed E-state index contributed by atoms with van der Waals surface area (Å²) in [6.45, 7) is -0.447. The summed E-state index contributed by atoms with van der Waals surface area (Å²) in [5.41, 5.74) is 6.18. The Kier molecular flexibility index (Phi) is 4.75. The highest BCUT2D eigenvalue weighted by Gasteiger charge is 2.27. The summed E-state index contributed by atoms with van der Waals surface area (Å²) in [4.78, 5) is 14.1. The van der Waals surface area contributed by atoms with Crippen LogP contribution in [0, 0.1) is 0 Å². The highest BCUT2D eigenvalue weighted by molar-refractivity contribution is 5.92. The first-order chi connectivity index (χ1) is 9.49. The molecule has 112 valence electrons. The van der Waals surface area contributed by atoms with Crippen LogP contribution in [-0.2, 0) is 6.54 Å². The molecule has 4 nitrogen and oxygen atoms in total. The van der Waals surface area contributed by atoms with Crippen LogP contribution in [0.1, 0.15) is 36.2 Å². The molecule has 0 spiro atoms. The third kappa shape index (κ3) is 3.36. The van der Waals surface area contributed by atoms with E-state index >= 15 is 0 Å². The average Bonchev–Trinajstić information content (AvgIpc) is 2.85. The van der Waals surface area contributed by atoms with Crippen molar-refractivity contribution in [3.63, 3.8) is 0 Å². The predicted octanol–water partition coefficient (Wildman–Crippen LogP) is 2.10. The zero-order chi connectivity index (χ0) is 14.7. The highest BCUT2D eigenvalue weighted by Crippen LogP contribution is 2.22. The van der Waals surface area contributed by atoms with Gasteiger partial charge in [0.1, 0.15) is 5.69 Å². The summed E-state index contributed by atoms with van der Waals surface area (Å²) >= 11 is 0. The van der Waals surface area contributed by atoms with Crippen molar-refractivity contribution in [1.29, 1.82) is 0 Å². The average molecular weight is 285 g/mol. The van der Waals surface area contributed by atoms with Gasteiger partial charge in [0, 0.05) is 25.3 Å². The predicted molar refractivity (Wildman–Crippen MR) is 72.8 cm³/mol. The first-order valence-corrected chi connectivity index (χ1v) is 6.95. The van der Waals surface area contributed by atoms with Crippen LogP contribution in [0.5, 0.6) is 0 Å². The summed E-state index contributed by atoms with van der Waals surface area (Å²) in [7, 11) is 1.74. The summed E-state index contributed by atoms with van der Waals surface area (Å²) in [5.74, 6) is -0.198. The van der Waals surface area contributed by atoms with Gasteiger partial charge < -0.3 is 15.2 Å². The first-order valence-electron chi connectivity index (χ1n) is 6.95. The van der Waals surface area contributed by atoms with Gasteiger partial charge in [0.05, 0.1) is 6.54 Å². The van der Waals surface area contributed by atoms with Crippen molar-refractivity contribution in [3.05, 3.63) is 24.0 Å². The molecule has 0 atom stereocenters. The van der Waals surface area contributed by atoms with Crippen LogP contribution in [0.3, 0.4) is 0 Å². The molecule has 0 aromatic carbocycles. The van der Waals surface area contributed by atoms with Crippen LogP contribution in [0.2, 0.25) is 0 Å². The minimum Gasteiger partial charge on any atom is -0.338 e. The monoisotopic (exact) mass is 285 g/mol. The van der Waals surface area contributed by atoms with E-state index in [1.807, 2.05) is 0 Å². The summed E-state index contributed by atoms with van der Waals surface area (Å²) < 4.78 is 26.3. The zero-order valence-corrected chi connectivity index (χ0v) is 11.6. The molecule has 2 rings (SSSR count). The summed E-state index contributed by atoms with van der Waals surface area (Å²) in [5, 5.41) is 0. The molecule has 0 bridgehead atoms. The van der Waals surface area contributed by atoms with Crippen molar-refractivity contribution < 1.29 is 13.6 Å². The van der Waals surface area contributed by atoms with E-state index in [4.69, 9.17) is 5.73 Å². The molecule has 1 aliphatic carbocycles. The number of alkyl halides is 2. The lowest BCUT2D eigenvalue weighted by Gasteiger charge is -2.33. The lowest BCUT2D eigenvalue weighted by Crippen LogP contribution is -2.42. The summed E-state index contributed by atoms with van der Waals surface area (Å²) in [6, 6.07) is 3.59. The SMILES string of the molecule is CN(C(=O)c1cccn1CC(F)F)C1CCC(N)CC1. The van der Waals surface area contributed by atoms with E-state index in [-0.39, 0.29) is 18.0 Å². The van der Waals surface area contributed by atoms with Gasteiger partial charge in [-0.3, -0.25) is 4.79 Å². The number of carbonyl (C=O) groups excluding carboxylic acids is 1. The fraction of sp³-hybridized carbons (Fsp3) is 0.643. The fourth-order valence-electron chi connectivity index (χ4n) is 2.75. The van der Waals surface area contributed by atoms with Gasteiger partial charge in [0.25, 0.3) is 12.3 Å². The lowest BCUT2D eigenvalue weighted by atomic mass is 9.91. The maximum Gasteiger partial charge on any atom is 0.270 e. The van der Waals surface area contributed by atoms with Crippen LogP contribution in [0.4, 0.5) is 8.78 Å². The molecule has 1 aromatic rings. The molecule has 0 radical (unpaired) electrons. The van der Waals surface area contributed by atoms with E-state index < -0.39 is 13.0 Å². The standard InChI is InChI=1S/C14H21F2N3O/c1-18(11-6-4-10(17)5-7-11)14(20)12-3-2-8-19(12)9-13(15)16/h2-3,8,10-11,13H,4-7,9,17H2,1H3. The van der Waals surface area contributed by atoms with Gasteiger partial charge in [-0.05, 0) is 37.8 Å². The summed E-state index contributed by atoms with van der Waals surface area (Å²) in [6.07, 6.45) is 2.61. The Morgan fingerprint density at radius 3 is 2.70 bits per heavy atom. The number of nitrogens with two attached hydrogens (primary N) is 1. The van der Waals surface area contributed by atoms with Crippen molar-refractivity contribution >= 4 is 5.91 Å². The van der Waals surface area contributed by atoms with Gasteiger partial charge in [-0.15, -0.1) is 0 Å².